The van der Waals surface area contributed by atoms with Crippen LogP contribution in [-0.2, 0) is 0 Å². The third-order valence-corrected chi connectivity index (χ3v) is 2.68. The molecule has 4 N–H and O–H groups in total. The second-order valence-electron chi connectivity index (χ2n) is 4.07. The average molecular weight is 259 g/mol. The fourth-order valence-electron chi connectivity index (χ4n) is 1.60. The predicted octanol–water partition coefficient (Wildman–Crippen LogP) is -0.121. The van der Waals surface area contributed by atoms with Gasteiger partial charge in [0, 0.05) is 24.1 Å². The van der Waals surface area contributed by atoms with E-state index in [0.29, 0.717) is 5.75 Å². The minimum atomic E-state index is -1.60. The van der Waals surface area contributed by atoms with E-state index in [9.17, 15) is 0 Å². The predicted molar refractivity (Wildman–Crippen MR) is 71.8 cm³/mol. The van der Waals surface area contributed by atoms with Crippen LogP contribution >= 0.6 is 0 Å². The van der Waals surface area contributed by atoms with Gasteiger partial charge in [0.2, 0.25) is 0 Å². The van der Waals surface area contributed by atoms with Crippen molar-refractivity contribution in [3.05, 3.63) is 42.4 Å². The quantitative estimate of drug-likeness (QED) is 0.661. The first-order chi connectivity index (χ1) is 9.08. The number of pyridine rings is 2. The normalized spacial score (nSPS) is 11.9. The largest absolute Gasteiger partial charge is 0.490 e. The Labute approximate surface area is 111 Å². The first kappa shape index (κ1) is 13.3. The average Bonchev–Trinajstić information content (AvgIpc) is 2.42. The van der Waals surface area contributed by atoms with Crippen molar-refractivity contribution in [2.24, 2.45) is 0 Å². The molecule has 0 saturated heterocycles. The van der Waals surface area contributed by atoms with Gasteiger partial charge in [0.05, 0.1) is 0 Å². The molecule has 2 heterocycles. The summed E-state index contributed by atoms with van der Waals surface area (Å²) in [5.41, 5.74) is 6.87. The first-order valence-electron chi connectivity index (χ1n) is 5.76. The zero-order chi connectivity index (χ0) is 13.8. The summed E-state index contributed by atoms with van der Waals surface area (Å²) in [6.45, 7) is 1.86. The summed E-state index contributed by atoms with van der Waals surface area (Å²) in [4.78, 5) is 7.80. The van der Waals surface area contributed by atoms with Gasteiger partial charge in [-0.1, -0.05) is 0 Å². The van der Waals surface area contributed by atoms with Gasteiger partial charge < -0.3 is 20.5 Å². The van der Waals surface area contributed by atoms with Crippen LogP contribution in [-0.4, -0.2) is 27.1 Å². The molecule has 19 heavy (non-hydrogen) atoms. The monoisotopic (exact) mass is 259 g/mol. The second-order valence-corrected chi connectivity index (χ2v) is 4.07. The molecule has 6 nitrogen and oxygen atoms in total. The number of aromatic nitrogens is 2. The van der Waals surface area contributed by atoms with Gasteiger partial charge in [-0.15, -0.1) is 0 Å². The highest BCUT2D eigenvalue weighted by Crippen LogP contribution is 2.24. The van der Waals surface area contributed by atoms with Gasteiger partial charge in [-0.25, -0.2) is 4.98 Å². The van der Waals surface area contributed by atoms with Crippen molar-refractivity contribution >= 4 is 18.4 Å². The van der Waals surface area contributed by atoms with Crippen LogP contribution in [0.15, 0.2) is 36.8 Å². The van der Waals surface area contributed by atoms with Crippen LogP contribution in [0.4, 0.5) is 5.82 Å². The van der Waals surface area contributed by atoms with Crippen LogP contribution in [0.5, 0.6) is 5.75 Å². The second kappa shape index (κ2) is 5.68. The Morgan fingerprint density at radius 2 is 2.00 bits per heavy atom. The van der Waals surface area contributed by atoms with Crippen LogP contribution in [0.1, 0.15) is 18.6 Å². The molecule has 7 heteroatoms. The van der Waals surface area contributed by atoms with Gasteiger partial charge in [-0.2, -0.15) is 0 Å². The number of anilines is 1. The van der Waals surface area contributed by atoms with Crippen molar-refractivity contribution in [1.29, 1.82) is 0 Å². The fraction of sp³-hybridized carbons (Fsp3) is 0.167. The molecule has 0 aliphatic carbocycles. The first-order valence-corrected chi connectivity index (χ1v) is 5.76. The van der Waals surface area contributed by atoms with Crippen molar-refractivity contribution in [2.75, 3.05) is 5.73 Å². The van der Waals surface area contributed by atoms with Gasteiger partial charge in [0.15, 0.2) is 11.6 Å². The number of hydrogen-bond acceptors (Lipinski definition) is 6. The standard InChI is InChI=1S/C12H14BN3O3/c1-8(9-2-4-15-5-3-9)19-11-6-10(13(17)18)7-16-12(11)14/h2-8,17-18H,1H3,(H2,14,16)/t8-/m0/s1. The summed E-state index contributed by atoms with van der Waals surface area (Å²) in [6.07, 6.45) is 4.39. The zero-order valence-electron chi connectivity index (χ0n) is 10.4. The maximum absolute atomic E-state index is 9.10. The molecule has 0 fully saturated rings. The van der Waals surface area contributed by atoms with E-state index in [1.54, 1.807) is 12.4 Å². The Bertz CT molecular complexity index is 551. The third kappa shape index (κ3) is 3.21. The molecule has 98 valence electrons. The number of nitrogens with two attached hydrogens (primary N) is 1. The Morgan fingerprint density at radius 1 is 1.32 bits per heavy atom. The molecular weight excluding hydrogens is 245 g/mol. The molecule has 2 rings (SSSR count). The zero-order valence-corrected chi connectivity index (χ0v) is 10.4. The van der Waals surface area contributed by atoms with Gasteiger partial charge in [-0.05, 0) is 30.7 Å². The lowest BCUT2D eigenvalue weighted by Crippen LogP contribution is -2.30. The van der Waals surface area contributed by atoms with Crippen LogP contribution in [0.3, 0.4) is 0 Å². The van der Waals surface area contributed by atoms with Gasteiger partial charge in [-0.3, -0.25) is 4.98 Å². The molecule has 0 bridgehead atoms. The van der Waals surface area contributed by atoms with Crippen molar-refractivity contribution < 1.29 is 14.8 Å². The molecule has 2 aromatic rings. The fourth-order valence-corrected chi connectivity index (χ4v) is 1.60. The number of nitrogens with zero attached hydrogens (tertiary/aromatic N) is 2. The maximum Gasteiger partial charge on any atom is 0.490 e. The molecule has 0 spiro atoms. The van der Waals surface area contributed by atoms with E-state index in [1.165, 1.54) is 12.3 Å². The number of ether oxygens (including phenoxy) is 1. The molecule has 0 unspecified atom stereocenters. The minimum Gasteiger partial charge on any atom is -0.482 e. The Balaban J connectivity index is 2.21. The minimum absolute atomic E-state index is 0.199. The molecule has 1 atom stereocenters. The van der Waals surface area contributed by atoms with E-state index in [4.69, 9.17) is 20.5 Å². The lowest BCUT2D eigenvalue weighted by Gasteiger charge is -2.16. The Hall–Kier alpha value is -2.12. The highest BCUT2D eigenvalue weighted by atomic mass is 16.5. The highest BCUT2D eigenvalue weighted by Gasteiger charge is 2.16. The molecule has 0 radical (unpaired) electrons. The van der Waals surface area contributed by atoms with E-state index < -0.39 is 7.12 Å². The van der Waals surface area contributed by atoms with Crippen LogP contribution < -0.4 is 15.9 Å². The number of nitrogen functional groups attached to an aromatic ring is 1. The topological polar surface area (TPSA) is 101 Å². The van der Waals surface area contributed by atoms with E-state index >= 15 is 0 Å². The van der Waals surface area contributed by atoms with Crippen LogP contribution in [0, 0.1) is 0 Å². The molecule has 0 amide bonds. The van der Waals surface area contributed by atoms with Crippen LogP contribution in [0.2, 0.25) is 0 Å². The van der Waals surface area contributed by atoms with Crippen molar-refractivity contribution in [2.45, 2.75) is 13.0 Å². The molecule has 0 aliphatic heterocycles. The van der Waals surface area contributed by atoms with Gasteiger partial charge >= 0.3 is 7.12 Å². The van der Waals surface area contributed by atoms with Gasteiger partial charge in [0.25, 0.3) is 0 Å². The Morgan fingerprint density at radius 3 is 2.63 bits per heavy atom. The maximum atomic E-state index is 9.10. The van der Waals surface area contributed by atoms with E-state index in [0.717, 1.165) is 5.56 Å². The molecule has 0 aromatic carbocycles. The highest BCUT2D eigenvalue weighted by molar-refractivity contribution is 6.58. The van der Waals surface area contributed by atoms with Crippen molar-refractivity contribution in [3.8, 4) is 5.75 Å². The van der Waals surface area contributed by atoms with Crippen LogP contribution in [0.25, 0.3) is 0 Å². The lowest BCUT2D eigenvalue weighted by molar-refractivity contribution is 0.227. The van der Waals surface area contributed by atoms with Crippen molar-refractivity contribution in [3.63, 3.8) is 0 Å². The van der Waals surface area contributed by atoms with Gasteiger partial charge in [0.1, 0.15) is 6.10 Å². The van der Waals surface area contributed by atoms with E-state index in [1.807, 2.05) is 19.1 Å². The third-order valence-electron chi connectivity index (χ3n) is 2.68. The van der Waals surface area contributed by atoms with Crippen molar-refractivity contribution in [1.82, 2.24) is 9.97 Å². The summed E-state index contributed by atoms with van der Waals surface area (Å²) < 4.78 is 5.68. The molecular formula is C12H14BN3O3. The molecule has 0 saturated carbocycles. The molecule has 0 aliphatic rings. The summed E-state index contributed by atoms with van der Waals surface area (Å²) in [6, 6.07) is 5.13. The summed E-state index contributed by atoms with van der Waals surface area (Å²) >= 11 is 0. The lowest BCUT2D eigenvalue weighted by atomic mass is 9.81. The number of hydrogen-bond donors (Lipinski definition) is 3. The smallest absolute Gasteiger partial charge is 0.482 e. The van der Waals surface area contributed by atoms with E-state index in [-0.39, 0.29) is 17.4 Å². The van der Waals surface area contributed by atoms with E-state index in [2.05, 4.69) is 9.97 Å². The Kier molecular flexibility index (Phi) is 3.98. The number of rotatable bonds is 4. The summed E-state index contributed by atoms with van der Waals surface area (Å²) in [7, 11) is -1.60. The molecule has 2 aromatic heterocycles. The summed E-state index contributed by atoms with van der Waals surface area (Å²) in [5, 5.41) is 18.2. The SMILES string of the molecule is C[C@H](Oc1cc(B(O)O)cnc1N)c1ccncc1. The summed E-state index contributed by atoms with van der Waals surface area (Å²) in [5.74, 6) is 0.514.